The number of para-hydroxylation sites is 1. The molecule has 2 heterocycles. The van der Waals surface area contributed by atoms with Crippen LogP contribution in [0, 0.1) is 0 Å². The van der Waals surface area contributed by atoms with Gasteiger partial charge in [0.2, 0.25) is 0 Å². The summed E-state index contributed by atoms with van der Waals surface area (Å²) in [4.78, 5) is 43.5. The third kappa shape index (κ3) is 7.30. The number of Topliss-reactive ketones (excluding diaryl/α,β-unsaturated/α-hetero) is 1. The van der Waals surface area contributed by atoms with Crippen molar-refractivity contribution in [2.24, 2.45) is 0 Å². The predicted octanol–water partition coefficient (Wildman–Crippen LogP) is 4.14. The van der Waals surface area contributed by atoms with E-state index < -0.39 is 29.6 Å². The molecule has 1 atom stereocenters. The first kappa shape index (κ1) is 28.9. The number of piperazine rings is 1. The highest BCUT2D eigenvalue weighted by Crippen LogP contribution is 2.28. The first-order chi connectivity index (χ1) is 19.0. The lowest BCUT2D eigenvalue weighted by atomic mass is 10.0. The maximum atomic E-state index is 12.9. The lowest BCUT2D eigenvalue weighted by Crippen LogP contribution is -2.48. The van der Waals surface area contributed by atoms with Crippen molar-refractivity contribution in [3.05, 3.63) is 83.0 Å². The molecule has 0 radical (unpaired) electrons. The standard InChI is InChI=1S/C29H29F3N4O4/c1-18-16-36(13-12-33-18)17-22-8-4-11-25(35-22)21-7-3-6-20(14-21)15-34-27(38)24-10-5-9-23(19(2)37)26(24)40-28(39)29(30,31)32/h3-11,14,18,33H,12-13,15-17H2,1-2H3,(H,34,38)/t18-/m0/s1. The number of rotatable bonds is 8. The molecule has 0 saturated carbocycles. The number of nitrogens with zero attached hydrogens (tertiary/aromatic N) is 2. The highest BCUT2D eigenvalue weighted by molar-refractivity contribution is 6.05. The Morgan fingerprint density at radius 1 is 1.07 bits per heavy atom. The second kappa shape index (κ2) is 12.4. The van der Waals surface area contributed by atoms with E-state index in [4.69, 9.17) is 4.98 Å². The zero-order valence-electron chi connectivity index (χ0n) is 22.0. The van der Waals surface area contributed by atoms with Crippen molar-refractivity contribution in [2.75, 3.05) is 19.6 Å². The largest absolute Gasteiger partial charge is 0.491 e. The molecule has 0 spiro atoms. The molecule has 2 aromatic carbocycles. The Morgan fingerprint density at radius 3 is 2.52 bits per heavy atom. The Balaban J connectivity index is 1.48. The minimum absolute atomic E-state index is 0.0297. The number of hydrogen-bond acceptors (Lipinski definition) is 7. The summed E-state index contributed by atoms with van der Waals surface area (Å²) in [6.07, 6.45) is -5.30. The van der Waals surface area contributed by atoms with Crippen LogP contribution in [0.3, 0.4) is 0 Å². The Hall–Kier alpha value is -4.09. The smallest absolute Gasteiger partial charge is 0.418 e. The fourth-order valence-electron chi connectivity index (χ4n) is 4.49. The zero-order chi connectivity index (χ0) is 28.9. The third-order valence-electron chi connectivity index (χ3n) is 6.39. The summed E-state index contributed by atoms with van der Waals surface area (Å²) >= 11 is 0. The van der Waals surface area contributed by atoms with Gasteiger partial charge >= 0.3 is 12.1 Å². The second-order valence-electron chi connectivity index (χ2n) is 9.61. The predicted molar refractivity (Wildman–Crippen MR) is 142 cm³/mol. The minimum Gasteiger partial charge on any atom is -0.418 e. The average molecular weight is 555 g/mol. The maximum absolute atomic E-state index is 12.9. The van der Waals surface area contributed by atoms with E-state index in [0.29, 0.717) is 11.6 Å². The van der Waals surface area contributed by atoms with Gasteiger partial charge in [-0.2, -0.15) is 13.2 Å². The lowest BCUT2D eigenvalue weighted by molar-refractivity contribution is -0.189. The van der Waals surface area contributed by atoms with E-state index in [9.17, 15) is 27.6 Å². The molecule has 0 bridgehead atoms. The zero-order valence-corrected chi connectivity index (χ0v) is 22.0. The number of hydrogen-bond donors (Lipinski definition) is 2. The van der Waals surface area contributed by atoms with Crippen LogP contribution in [0.5, 0.6) is 5.75 Å². The highest BCUT2D eigenvalue weighted by Gasteiger charge is 2.42. The van der Waals surface area contributed by atoms with Crippen LogP contribution in [-0.2, 0) is 17.9 Å². The molecule has 1 saturated heterocycles. The van der Waals surface area contributed by atoms with Crippen LogP contribution in [-0.4, -0.2) is 59.4 Å². The molecule has 0 unspecified atom stereocenters. The van der Waals surface area contributed by atoms with Gasteiger partial charge in [-0.05, 0) is 49.7 Å². The molecule has 8 nitrogen and oxygen atoms in total. The molecule has 40 heavy (non-hydrogen) atoms. The van der Waals surface area contributed by atoms with Gasteiger partial charge in [-0.15, -0.1) is 0 Å². The lowest BCUT2D eigenvalue weighted by Gasteiger charge is -2.31. The molecule has 4 rings (SSSR count). The van der Waals surface area contributed by atoms with E-state index in [1.165, 1.54) is 18.2 Å². The number of ether oxygens (including phenoxy) is 1. The number of amides is 1. The van der Waals surface area contributed by atoms with Crippen LogP contribution in [0.2, 0.25) is 0 Å². The molecule has 11 heteroatoms. The van der Waals surface area contributed by atoms with Gasteiger partial charge < -0.3 is 15.4 Å². The fraction of sp³-hybridized carbons (Fsp3) is 0.310. The van der Waals surface area contributed by atoms with Gasteiger partial charge in [0.05, 0.1) is 22.5 Å². The summed E-state index contributed by atoms with van der Waals surface area (Å²) in [7, 11) is 0. The monoisotopic (exact) mass is 554 g/mol. The number of pyridine rings is 1. The van der Waals surface area contributed by atoms with Gasteiger partial charge in [0, 0.05) is 44.3 Å². The summed E-state index contributed by atoms with van der Waals surface area (Å²) < 4.78 is 43.0. The Bertz CT molecular complexity index is 1410. The summed E-state index contributed by atoms with van der Waals surface area (Å²) in [5.41, 5.74) is 2.58. The van der Waals surface area contributed by atoms with Gasteiger partial charge in [0.15, 0.2) is 11.5 Å². The number of alkyl halides is 3. The minimum atomic E-state index is -5.30. The van der Waals surface area contributed by atoms with Crippen molar-refractivity contribution in [3.8, 4) is 17.0 Å². The molecule has 0 aliphatic carbocycles. The molecule has 3 aromatic rings. The molecular formula is C29H29F3N4O4. The van der Waals surface area contributed by atoms with E-state index in [2.05, 4.69) is 27.2 Å². The molecule has 1 aliphatic heterocycles. The van der Waals surface area contributed by atoms with Gasteiger partial charge in [-0.3, -0.25) is 19.5 Å². The van der Waals surface area contributed by atoms with Gasteiger partial charge in [-0.1, -0.05) is 30.3 Å². The van der Waals surface area contributed by atoms with Crippen LogP contribution < -0.4 is 15.4 Å². The van der Waals surface area contributed by atoms with Gasteiger partial charge in [0.25, 0.3) is 5.91 Å². The van der Waals surface area contributed by atoms with Crippen LogP contribution >= 0.6 is 0 Å². The summed E-state index contributed by atoms with van der Waals surface area (Å²) in [6, 6.07) is 17.3. The Morgan fingerprint density at radius 2 is 1.80 bits per heavy atom. The highest BCUT2D eigenvalue weighted by atomic mass is 19.4. The van der Waals surface area contributed by atoms with Gasteiger partial charge in [0.1, 0.15) is 0 Å². The number of benzene rings is 2. The van der Waals surface area contributed by atoms with Crippen molar-refractivity contribution in [1.82, 2.24) is 20.5 Å². The summed E-state index contributed by atoms with van der Waals surface area (Å²) in [5, 5.41) is 6.05. The third-order valence-corrected chi connectivity index (χ3v) is 6.39. The molecular weight excluding hydrogens is 525 g/mol. The number of aromatic nitrogens is 1. The number of ketones is 1. The quantitative estimate of drug-likeness (QED) is 0.245. The van der Waals surface area contributed by atoms with Crippen LogP contribution in [0.25, 0.3) is 11.3 Å². The number of halogens is 3. The normalized spacial score (nSPS) is 15.9. The molecule has 1 fully saturated rings. The number of carbonyl (C=O) groups is 3. The van der Waals surface area contributed by atoms with Crippen LogP contribution in [0.4, 0.5) is 13.2 Å². The molecule has 210 valence electrons. The van der Waals surface area contributed by atoms with E-state index in [1.54, 1.807) is 6.07 Å². The molecule has 2 N–H and O–H groups in total. The molecule has 1 aromatic heterocycles. The van der Waals surface area contributed by atoms with Crippen molar-refractivity contribution >= 4 is 17.7 Å². The first-order valence-electron chi connectivity index (χ1n) is 12.7. The maximum Gasteiger partial charge on any atom is 0.491 e. The van der Waals surface area contributed by atoms with E-state index in [0.717, 1.165) is 50.1 Å². The van der Waals surface area contributed by atoms with E-state index >= 15 is 0 Å². The van der Waals surface area contributed by atoms with Crippen molar-refractivity contribution in [1.29, 1.82) is 0 Å². The summed E-state index contributed by atoms with van der Waals surface area (Å²) in [5.74, 6) is -4.72. The second-order valence-corrected chi connectivity index (χ2v) is 9.61. The average Bonchev–Trinajstić information content (AvgIpc) is 2.91. The topological polar surface area (TPSA) is 101 Å². The Kier molecular flexibility index (Phi) is 8.96. The number of nitrogens with one attached hydrogen (secondary N) is 2. The SMILES string of the molecule is CC(=O)c1cccc(C(=O)NCc2cccc(-c3cccc(CN4CCN[C@@H](C)C4)n3)c2)c1OC(=O)C(F)(F)F. The number of esters is 1. The van der Waals surface area contributed by atoms with Crippen molar-refractivity contribution in [2.45, 2.75) is 39.2 Å². The fourth-order valence-corrected chi connectivity index (χ4v) is 4.49. The molecule has 1 aliphatic rings. The van der Waals surface area contributed by atoms with Crippen molar-refractivity contribution in [3.63, 3.8) is 0 Å². The van der Waals surface area contributed by atoms with Gasteiger partial charge in [-0.25, -0.2) is 4.79 Å². The van der Waals surface area contributed by atoms with Crippen LogP contribution in [0.1, 0.15) is 45.8 Å². The van der Waals surface area contributed by atoms with Crippen molar-refractivity contribution < 1.29 is 32.3 Å². The first-order valence-corrected chi connectivity index (χ1v) is 12.7. The van der Waals surface area contributed by atoms with E-state index in [1.807, 2.05) is 36.4 Å². The van der Waals surface area contributed by atoms with Crippen LogP contribution in [0.15, 0.2) is 60.7 Å². The molecule has 1 amide bonds. The Labute approximate surface area is 229 Å². The van der Waals surface area contributed by atoms with E-state index in [-0.39, 0.29) is 17.7 Å². The summed E-state index contributed by atoms with van der Waals surface area (Å²) in [6.45, 7) is 6.82. The number of carbonyl (C=O) groups excluding carboxylic acids is 3.